The predicted octanol–water partition coefficient (Wildman–Crippen LogP) is 3.25. The summed E-state index contributed by atoms with van der Waals surface area (Å²) < 4.78 is 4.61. The number of aromatic nitrogens is 3. The zero-order valence-electron chi connectivity index (χ0n) is 10.8. The van der Waals surface area contributed by atoms with Gasteiger partial charge in [0.15, 0.2) is 0 Å². The maximum Gasteiger partial charge on any atom is 0.270 e. The molecule has 0 saturated heterocycles. The molecule has 2 rings (SSSR count). The van der Waals surface area contributed by atoms with Gasteiger partial charge in [-0.05, 0) is 39.6 Å². The van der Waals surface area contributed by atoms with Crippen LogP contribution in [0, 0.1) is 0 Å². The van der Waals surface area contributed by atoms with Gasteiger partial charge in [-0.3, -0.25) is 4.79 Å². The Morgan fingerprint density at radius 2 is 2.16 bits per heavy atom. The van der Waals surface area contributed by atoms with E-state index in [0.717, 1.165) is 16.0 Å². The lowest BCUT2D eigenvalue weighted by atomic mass is 9.91. The quantitative estimate of drug-likeness (QED) is 0.911. The first-order valence-corrected chi connectivity index (χ1v) is 7.21. The SMILES string of the molecule is CC(C)(C)c1nnsc1C(=O)Nc1ncccc1Br. The van der Waals surface area contributed by atoms with Crippen LogP contribution in [0.4, 0.5) is 5.82 Å². The minimum Gasteiger partial charge on any atom is -0.305 e. The summed E-state index contributed by atoms with van der Waals surface area (Å²) in [6.45, 7) is 5.99. The van der Waals surface area contributed by atoms with Crippen LogP contribution in [0.2, 0.25) is 0 Å². The first-order valence-electron chi connectivity index (χ1n) is 5.64. The standard InChI is InChI=1S/C12H13BrN4OS/c1-12(2,3)9-8(19-17-16-9)11(18)15-10-7(13)5-4-6-14-10/h4-6H,1-3H3,(H,14,15,18). The van der Waals surface area contributed by atoms with E-state index in [1.807, 2.05) is 26.8 Å². The minimum absolute atomic E-state index is 0.221. The van der Waals surface area contributed by atoms with E-state index < -0.39 is 0 Å². The number of halogens is 1. The van der Waals surface area contributed by atoms with Gasteiger partial charge in [-0.15, -0.1) is 5.10 Å². The fraction of sp³-hybridized carbons (Fsp3) is 0.333. The van der Waals surface area contributed by atoms with E-state index in [-0.39, 0.29) is 11.3 Å². The number of hydrogen-bond acceptors (Lipinski definition) is 5. The summed E-state index contributed by atoms with van der Waals surface area (Å²) in [4.78, 5) is 16.9. The molecule has 0 atom stereocenters. The number of rotatable bonds is 2. The molecule has 0 fully saturated rings. The molecule has 0 aliphatic heterocycles. The molecular formula is C12H13BrN4OS. The van der Waals surface area contributed by atoms with E-state index in [2.05, 4.69) is 35.8 Å². The summed E-state index contributed by atoms with van der Waals surface area (Å²) in [5, 5.41) is 6.81. The molecule has 7 heteroatoms. The number of hydrogen-bond donors (Lipinski definition) is 1. The van der Waals surface area contributed by atoms with Gasteiger partial charge in [0, 0.05) is 11.6 Å². The van der Waals surface area contributed by atoms with Crippen molar-refractivity contribution in [3.63, 3.8) is 0 Å². The van der Waals surface area contributed by atoms with E-state index in [1.54, 1.807) is 12.3 Å². The number of nitrogens with one attached hydrogen (secondary N) is 1. The van der Waals surface area contributed by atoms with Crippen LogP contribution in [0.5, 0.6) is 0 Å². The second-order valence-electron chi connectivity index (χ2n) is 4.99. The van der Waals surface area contributed by atoms with Crippen LogP contribution in [0.25, 0.3) is 0 Å². The number of pyridine rings is 1. The zero-order valence-corrected chi connectivity index (χ0v) is 13.2. The van der Waals surface area contributed by atoms with Gasteiger partial charge in [0.1, 0.15) is 10.7 Å². The smallest absolute Gasteiger partial charge is 0.270 e. The van der Waals surface area contributed by atoms with Crippen molar-refractivity contribution in [1.29, 1.82) is 0 Å². The fourth-order valence-corrected chi connectivity index (χ4v) is 2.60. The minimum atomic E-state index is -0.237. The molecule has 0 aromatic carbocycles. The van der Waals surface area contributed by atoms with Gasteiger partial charge in [0.25, 0.3) is 5.91 Å². The van der Waals surface area contributed by atoms with Crippen molar-refractivity contribution >= 4 is 39.2 Å². The number of anilines is 1. The lowest BCUT2D eigenvalue weighted by Crippen LogP contribution is -2.20. The van der Waals surface area contributed by atoms with Crippen LogP contribution in [0.3, 0.4) is 0 Å². The largest absolute Gasteiger partial charge is 0.305 e. The summed E-state index contributed by atoms with van der Waals surface area (Å²) in [7, 11) is 0. The highest BCUT2D eigenvalue weighted by molar-refractivity contribution is 9.10. The van der Waals surface area contributed by atoms with E-state index in [4.69, 9.17) is 0 Å². The molecule has 0 bridgehead atoms. The van der Waals surface area contributed by atoms with E-state index in [0.29, 0.717) is 16.4 Å². The Morgan fingerprint density at radius 1 is 1.42 bits per heavy atom. The summed E-state index contributed by atoms with van der Waals surface area (Å²) >= 11 is 4.43. The molecule has 0 saturated carbocycles. The van der Waals surface area contributed by atoms with Crippen LogP contribution < -0.4 is 5.32 Å². The topological polar surface area (TPSA) is 67.8 Å². The zero-order chi connectivity index (χ0) is 14.0. The molecular weight excluding hydrogens is 328 g/mol. The molecule has 2 aromatic rings. The molecule has 0 spiro atoms. The molecule has 1 amide bonds. The molecule has 0 radical (unpaired) electrons. The highest BCUT2D eigenvalue weighted by Crippen LogP contribution is 2.27. The van der Waals surface area contributed by atoms with Crippen LogP contribution in [0.15, 0.2) is 22.8 Å². The number of amides is 1. The Bertz CT molecular complexity index is 606. The van der Waals surface area contributed by atoms with Crippen LogP contribution in [-0.4, -0.2) is 20.5 Å². The Labute approximate surface area is 123 Å². The van der Waals surface area contributed by atoms with Crippen molar-refractivity contribution < 1.29 is 4.79 Å². The van der Waals surface area contributed by atoms with Gasteiger partial charge in [-0.1, -0.05) is 25.3 Å². The van der Waals surface area contributed by atoms with Gasteiger partial charge in [-0.2, -0.15) is 0 Å². The third kappa shape index (κ3) is 3.16. The van der Waals surface area contributed by atoms with Crippen molar-refractivity contribution in [1.82, 2.24) is 14.6 Å². The first kappa shape index (κ1) is 14.1. The molecule has 19 heavy (non-hydrogen) atoms. The number of nitrogens with zero attached hydrogens (tertiary/aromatic N) is 3. The Balaban J connectivity index is 2.27. The lowest BCUT2D eigenvalue weighted by Gasteiger charge is -2.16. The summed E-state index contributed by atoms with van der Waals surface area (Å²) in [6.07, 6.45) is 1.62. The third-order valence-electron chi connectivity index (χ3n) is 2.40. The van der Waals surface area contributed by atoms with Gasteiger partial charge in [0.2, 0.25) is 0 Å². The van der Waals surface area contributed by atoms with E-state index in [1.165, 1.54) is 0 Å². The van der Waals surface area contributed by atoms with Crippen molar-refractivity contribution in [2.75, 3.05) is 5.32 Å². The average Bonchev–Trinajstić information content (AvgIpc) is 2.81. The highest BCUT2D eigenvalue weighted by atomic mass is 79.9. The highest BCUT2D eigenvalue weighted by Gasteiger charge is 2.26. The van der Waals surface area contributed by atoms with E-state index >= 15 is 0 Å². The number of carbonyl (C=O) groups is 1. The predicted molar refractivity (Wildman–Crippen MR) is 78.5 cm³/mol. The molecule has 0 unspecified atom stereocenters. The third-order valence-corrected chi connectivity index (χ3v) is 3.76. The summed E-state index contributed by atoms with van der Waals surface area (Å²) in [6, 6.07) is 3.60. The van der Waals surface area contributed by atoms with E-state index in [9.17, 15) is 4.79 Å². The second kappa shape index (κ2) is 5.34. The maximum atomic E-state index is 12.3. The molecule has 2 aromatic heterocycles. The monoisotopic (exact) mass is 340 g/mol. The molecule has 0 aliphatic carbocycles. The lowest BCUT2D eigenvalue weighted by molar-refractivity contribution is 0.102. The summed E-state index contributed by atoms with van der Waals surface area (Å²) in [5.74, 6) is 0.250. The summed E-state index contributed by atoms with van der Waals surface area (Å²) in [5.41, 5.74) is 0.475. The van der Waals surface area contributed by atoms with Gasteiger partial charge >= 0.3 is 0 Å². The molecule has 2 heterocycles. The molecule has 5 nitrogen and oxygen atoms in total. The van der Waals surface area contributed by atoms with Gasteiger partial charge < -0.3 is 5.32 Å². The van der Waals surface area contributed by atoms with Crippen molar-refractivity contribution in [3.8, 4) is 0 Å². The van der Waals surface area contributed by atoms with Gasteiger partial charge in [-0.25, -0.2) is 4.98 Å². The van der Waals surface area contributed by atoms with Crippen LogP contribution in [0.1, 0.15) is 36.1 Å². The van der Waals surface area contributed by atoms with Gasteiger partial charge in [0.05, 0.1) is 10.2 Å². The van der Waals surface area contributed by atoms with Crippen molar-refractivity contribution in [2.45, 2.75) is 26.2 Å². The van der Waals surface area contributed by atoms with Crippen molar-refractivity contribution in [3.05, 3.63) is 33.4 Å². The maximum absolute atomic E-state index is 12.3. The Morgan fingerprint density at radius 3 is 2.79 bits per heavy atom. The Hall–Kier alpha value is -1.34. The molecule has 1 N–H and O–H groups in total. The molecule has 0 aliphatic rings. The number of carbonyl (C=O) groups excluding carboxylic acids is 1. The fourth-order valence-electron chi connectivity index (χ4n) is 1.47. The van der Waals surface area contributed by atoms with Crippen molar-refractivity contribution in [2.24, 2.45) is 0 Å². The molecule has 100 valence electrons. The second-order valence-corrected chi connectivity index (χ2v) is 6.60. The first-order chi connectivity index (χ1) is 8.89. The van der Waals surface area contributed by atoms with Crippen LogP contribution >= 0.6 is 27.5 Å². The van der Waals surface area contributed by atoms with Crippen LogP contribution in [-0.2, 0) is 5.41 Å². The average molecular weight is 341 g/mol. The Kier molecular flexibility index (Phi) is 3.96. The normalized spacial score (nSPS) is 11.4.